The van der Waals surface area contributed by atoms with Gasteiger partial charge in [0.1, 0.15) is 22.7 Å². The molecule has 0 saturated heterocycles. The van der Waals surface area contributed by atoms with E-state index < -0.39 is 0 Å². The molecule has 3 N–H and O–H groups in total. The summed E-state index contributed by atoms with van der Waals surface area (Å²) in [5.41, 5.74) is 11.0. The van der Waals surface area contributed by atoms with E-state index in [-0.39, 0.29) is 17.4 Å². The lowest BCUT2D eigenvalue weighted by atomic mass is 9.91. The van der Waals surface area contributed by atoms with Crippen molar-refractivity contribution in [2.75, 3.05) is 12.3 Å². The molecule has 8 nitrogen and oxygen atoms in total. The van der Waals surface area contributed by atoms with Gasteiger partial charge in [-0.05, 0) is 54.5 Å². The summed E-state index contributed by atoms with van der Waals surface area (Å²) in [4.78, 5) is 22.3. The summed E-state index contributed by atoms with van der Waals surface area (Å²) >= 11 is 7.78. The molecule has 6 rings (SSSR count). The number of hydrogen-bond acceptors (Lipinski definition) is 7. The van der Waals surface area contributed by atoms with Gasteiger partial charge in [-0.15, -0.1) is 20.6 Å². The fourth-order valence-electron chi connectivity index (χ4n) is 6.15. The third kappa shape index (κ3) is 4.21. The lowest BCUT2D eigenvalue weighted by Crippen LogP contribution is -2.31. The number of aliphatic imine (C=N–C) groups is 1. The second-order valence-electron chi connectivity index (χ2n) is 10.2. The smallest absolute Gasteiger partial charge is 0.257 e. The maximum absolute atomic E-state index is 13.3. The number of ether oxygens (including phenoxy) is 1. The number of benzene rings is 1. The highest BCUT2D eigenvalue weighted by molar-refractivity contribution is 7.28. The molecule has 1 spiro atoms. The number of aromatic nitrogens is 3. The Morgan fingerprint density at radius 2 is 2.14 bits per heavy atom. The molecule has 188 valence electrons. The lowest BCUT2D eigenvalue weighted by molar-refractivity contribution is 0.0848. The van der Waals surface area contributed by atoms with E-state index in [1.54, 1.807) is 23.1 Å². The Labute approximate surface area is 220 Å². The third-order valence-electron chi connectivity index (χ3n) is 7.84. The number of rotatable bonds is 5. The SMILES string of the molecule is Cn1nc(C2CC3CC4(CN=C(c5cscn5)O4)CC3C2)c(C(=O)NCc2ccc(P)c(Cl)c2)c1N. The van der Waals surface area contributed by atoms with Crippen LogP contribution in [0.5, 0.6) is 0 Å². The van der Waals surface area contributed by atoms with E-state index in [9.17, 15) is 4.79 Å². The highest BCUT2D eigenvalue weighted by Crippen LogP contribution is 2.56. The Bertz CT molecular complexity index is 1340. The molecule has 2 fully saturated rings. The number of nitrogens with zero attached hydrogens (tertiary/aromatic N) is 4. The molecule has 36 heavy (non-hydrogen) atoms. The average Bonchev–Trinajstić information content (AvgIpc) is 3.66. The monoisotopic (exact) mass is 542 g/mol. The molecule has 3 aliphatic rings. The molecule has 3 heterocycles. The highest BCUT2D eigenvalue weighted by atomic mass is 35.5. The van der Waals surface area contributed by atoms with Crippen molar-refractivity contribution in [3.8, 4) is 0 Å². The van der Waals surface area contributed by atoms with Crippen LogP contribution in [0.2, 0.25) is 5.02 Å². The summed E-state index contributed by atoms with van der Waals surface area (Å²) in [7, 11) is 4.39. The third-order valence-corrected chi connectivity index (χ3v) is 9.44. The number of nitrogens with two attached hydrogens (primary N) is 1. The van der Waals surface area contributed by atoms with Crippen molar-refractivity contribution in [3.05, 3.63) is 56.6 Å². The number of amides is 1. The number of halogens is 1. The van der Waals surface area contributed by atoms with E-state index in [2.05, 4.69) is 24.5 Å². The van der Waals surface area contributed by atoms with Crippen LogP contribution in [-0.4, -0.2) is 38.7 Å². The number of hydrogen-bond donors (Lipinski definition) is 2. The van der Waals surface area contributed by atoms with Gasteiger partial charge in [-0.25, -0.2) is 9.98 Å². The predicted molar refractivity (Wildman–Crippen MR) is 145 cm³/mol. The van der Waals surface area contributed by atoms with Gasteiger partial charge in [0.05, 0.1) is 17.7 Å². The zero-order valence-electron chi connectivity index (χ0n) is 19.9. The van der Waals surface area contributed by atoms with Crippen LogP contribution in [-0.2, 0) is 18.3 Å². The van der Waals surface area contributed by atoms with E-state index in [4.69, 9.17) is 27.2 Å². The molecule has 1 aliphatic heterocycles. The first-order chi connectivity index (χ1) is 17.3. The van der Waals surface area contributed by atoms with Gasteiger partial charge in [0, 0.05) is 29.9 Å². The first kappa shape index (κ1) is 23.9. The van der Waals surface area contributed by atoms with Crippen LogP contribution in [0, 0.1) is 11.8 Å². The first-order valence-corrected chi connectivity index (χ1v) is 14.0. The number of nitrogens with one attached hydrogen (secondary N) is 1. The quantitative estimate of drug-likeness (QED) is 0.478. The topological polar surface area (TPSA) is 107 Å². The van der Waals surface area contributed by atoms with E-state index in [1.807, 2.05) is 29.1 Å². The molecule has 11 heteroatoms. The predicted octanol–water partition coefficient (Wildman–Crippen LogP) is 3.66. The summed E-state index contributed by atoms with van der Waals surface area (Å²) in [6.07, 6.45) is 3.90. The lowest BCUT2D eigenvalue weighted by Gasteiger charge is -2.24. The first-order valence-electron chi connectivity index (χ1n) is 12.1. The molecular weight excluding hydrogens is 515 g/mol. The fourth-order valence-corrected chi connectivity index (χ4v) is 7.06. The van der Waals surface area contributed by atoms with Crippen molar-refractivity contribution in [3.63, 3.8) is 0 Å². The number of carbonyl (C=O) groups is 1. The molecule has 1 amide bonds. The minimum Gasteiger partial charge on any atom is -0.468 e. The van der Waals surface area contributed by atoms with Gasteiger partial charge < -0.3 is 15.8 Å². The van der Waals surface area contributed by atoms with Crippen LogP contribution < -0.4 is 16.4 Å². The Morgan fingerprint density at radius 3 is 2.83 bits per heavy atom. The zero-order valence-corrected chi connectivity index (χ0v) is 22.6. The number of fused-ring (bicyclic) bond motifs is 1. The molecule has 3 aromatic rings. The fraction of sp³-hybridized carbons (Fsp3) is 0.440. The van der Waals surface area contributed by atoms with Gasteiger partial charge >= 0.3 is 0 Å². The van der Waals surface area contributed by atoms with Gasteiger partial charge in [0.25, 0.3) is 5.91 Å². The zero-order chi connectivity index (χ0) is 25.0. The Morgan fingerprint density at radius 1 is 1.36 bits per heavy atom. The van der Waals surface area contributed by atoms with E-state index in [1.165, 1.54) is 0 Å². The van der Waals surface area contributed by atoms with Gasteiger partial charge in [-0.2, -0.15) is 5.10 Å². The number of thiazole rings is 1. The summed E-state index contributed by atoms with van der Waals surface area (Å²) < 4.78 is 8.01. The maximum atomic E-state index is 13.3. The second kappa shape index (κ2) is 9.12. The average molecular weight is 543 g/mol. The molecular formula is C25H28ClN6O2PS. The molecule has 3 atom stereocenters. The minimum atomic E-state index is -0.212. The molecule has 0 bridgehead atoms. The number of aryl methyl sites for hydroxylation is 1. The molecule has 2 aromatic heterocycles. The molecule has 2 aliphatic carbocycles. The van der Waals surface area contributed by atoms with E-state index in [0.29, 0.717) is 47.2 Å². The van der Waals surface area contributed by atoms with Crippen LogP contribution in [0.4, 0.5) is 5.82 Å². The van der Waals surface area contributed by atoms with Crippen molar-refractivity contribution in [1.29, 1.82) is 0 Å². The van der Waals surface area contributed by atoms with Crippen molar-refractivity contribution in [1.82, 2.24) is 20.1 Å². The van der Waals surface area contributed by atoms with Crippen molar-refractivity contribution >= 4 is 55.1 Å². The number of anilines is 1. The van der Waals surface area contributed by atoms with Crippen LogP contribution in [0.15, 0.2) is 34.1 Å². The summed E-state index contributed by atoms with van der Waals surface area (Å²) in [6, 6.07) is 5.73. The Kier molecular flexibility index (Phi) is 6.05. The largest absolute Gasteiger partial charge is 0.468 e. The Hall–Kier alpha value is -2.48. The van der Waals surface area contributed by atoms with Crippen molar-refractivity contribution in [2.45, 2.75) is 43.7 Å². The van der Waals surface area contributed by atoms with Gasteiger partial charge in [0.15, 0.2) is 0 Å². The summed E-state index contributed by atoms with van der Waals surface area (Å²) in [5.74, 6) is 2.12. The highest BCUT2D eigenvalue weighted by Gasteiger charge is 2.54. The standard InChI is InChI=1S/C25H28ClN6O2PS/c1-32-22(27)20(23(33)28-9-13-2-3-19(35)17(26)4-13)21(31-32)14-5-15-7-25(8-16(15)6-14)11-29-24(34-25)18-10-36-12-30-18/h2-4,10,12,14-16H,5-9,11,27,35H2,1H3,(H,28,33). The van der Waals surface area contributed by atoms with Crippen molar-refractivity contribution in [2.24, 2.45) is 23.9 Å². The number of carbonyl (C=O) groups excluding carboxylic acids is 1. The van der Waals surface area contributed by atoms with Crippen LogP contribution >= 0.6 is 32.2 Å². The normalized spacial score (nSPS) is 26.8. The van der Waals surface area contributed by atoms with Crippen LogP contribution in [0.3, 0.4) is 0 Å². The van der Waals surface area contributed by atoms with Crippen LogP contribution in [0.1, 0.15) is 58.9 Å². The second-order valence-corrected chi connectivity index (χ2v) is 11.9. The number of nitrogen functional groups attached to an aromatic ring is 1. The Balaban J connectivity index is 1.14. The molecule has 2 saturated carbocycles. The van der Waals surface area contributed by atoms with E-state index in [0.717, 1.165) is 47.9 Å². The van der Waals surface area contributed by atoms with Crippen molar-refractivity contribution < 1.29 is 9.53 Å². The summed E-state index contributed by atoms with van der Waals surface area (Å²) in [6.45, 7) is 1.07. The molecule has 0 radical (unpaired) electrons. The molecule has 1 aromatic carbocycles. The van der Waals surface area contributed by atoms with Gasteiger partial charge in [-0.1, -0.05) is 23.7 Å². The minimum absolute atomic E-state index is 0.198. The van der Waals surface area contributed by atoms with Crippen LogP contribution in [0.25, 0.3) is 0 Å². The van der Waals surface area contributed by atoms with Gasteiger partial charge in [-0.3, -0.25) is 9.48 Å². The maximum Gasteiger partial charge on any atom is 0.257 e. The van der Waals surface area contributed by atoms with Gasteiger partial charge in [0.2, 0.25) is 5.90 Å². The van der Waals surface area contributed by atoms with E-state index >= 15 is 0 Å². The summed E-state index contributed by atoms with van der Waals surface area (Å²) in [5, 5.41) is 11.3. The molecule has 3 unspecified atom stereocenters.